The number of nitrogens with zero attached hydrogens (tertiary/aromatic N) is 3. The maximum absolute atomic E-state index is 5.99. The molecule has 5 heteroatoms. The molecule has 6 rings (SSSR count). The maximum Gasteiger partial charge on any atom is 0.214 e. The van der Waals surface area contributed by atoms with Crippen LogP contribution in [0, 0.1) is 0 Å². The number of pyridine rings is 1. The van der Waals surface area contributed by atoms with Gasteiger partial charge in [0.2, 0.25) is 5.88 Å². The van der Waals surface area contributed by atoms with Crippen molar-refractivity contribution in [2.24, 2.45) is 0 Å². The van der Waals surface area contributed by atoms with Crippen LogP contribution in [0.2, 0.25) is 0 Å². The number of nitrogens with one attached hydrogen (secondary N) is 1. The van der Waals surface area contributed by atoms with Gasteiger partial charge in [-0.1, -0.05) is 54.6 Å². The number of hydrogen-bond acceptors (Lipinski definition) is 3. The van der Waals surface area contributed by atoms with Crippen LogP contribution in [0.5, 0.6) is 5.88 Å². The standard InChI is InChI=1S/C27H24N4O/c1-2-7-19(8-3-1)17-32-27-13-22-23(14-29-24(22)15-30-27)26-16-28-18-31(26)25-12-6-10-20-9-4-5-11-21(20)25/h1-5,7-9,11,13-16,18,25,29H,6,10,12,17H2. The third-order valence-electron chi connectivity index (χ3n) is 6.39. The average Bonchev–Trinajstić information content (AvgIpc) is 3.49. The van der Waals surface area contributed by atoms with E-state index in [1.807, 2.05) is 43.0 Å². The van der Waals surface area contributed by atoms with Crippen LogP contribution in [0.1, 0.15) is 35.6 Å². The molecule has 1 aliphatic carbocycles. The molecule has 3 heterocycles. The molecular weight excluding hydrogens is 396 g/mol. The Morgan fingerprint density at radius 3 is 2.84 bits per heavy atom. The van der Waals surface area contributed by atoms with Gasteiger partial charge in [-0.25, -0.2) is 9.97 Å². The van der Waals surface area contributed by atoms with E-state index in [2.05, 4.69) is 62.1 Å². The normalized spacial score (nSPS) is 15.6. The number of ether oxygens (including phenoxy) is 1. The second-order valence-corrected chi connectivity index (χ2v) is 8.34. The van der Waals surface area contributed by atoms with Crippen LogP contribution in [0.3, 0.4) is 0 Å². The minimum atomic E-state index is 0.304. The Labute approximate surface area is 186 Å². The molecule has 1 aliphatic rings. The predicted octanol–water partition coefficient (Wildman–Crippen LogP) is 5.93. The highest BCUT2D eigenvalue weighted by atomic mass is 16.5. The molecule has 5 aromatic rings. The summed E-state index contributed by atoms with van der Waals surface area (Å²) in [5.74, 6) is 0.622. The van der Waals surface area contributed by atoms with E-state index in [-0.39, 0.29) is 0 Å². The molecule has 0 aliphatic heterocycles. The van der Waals surface area contributed by atoms with Gasteiger partial charge in [0.05, 0.1) is 36.0 Å². The fourth-order valence-corrected chi connectivity index (χ4v) is 4.80. The quantitative estimate of drug-likeness (QED) is 0.383. The highest BCUT2D eigenvalue weighted by Gasteiger charge is 2.24. The van der Waals surface area contributed by atoms with Gasteiger partial charge in [0, 0.05) is 23.2 Å². The van der Waals surface area contributed by atoms with Crippen molar-refractivity contribution < 1.29 is 4.74 Å². The van der Waals surface area contributed by atoms with Crippen LogP contribution in [0.25, 0.3) is 22.2 Å². The molecule has 158 valence electrons. The topological polar surface area (TPSA) is 55.7 Å². The molecule has 0 radical (unpaired) electrons. The fraction of sp³-hybridized carbons (Fsp3) is 0.185. The summed E-state index contributed by atoms with van der Waals surface area (Å²) in [6, 6.07) is 21.3. The minimum Gasteiger partial charge on any atom is -0.473 e. The Bertz CT molecular complexity index is 1370. The Hall–Kier alpha value is -3.86. The Morgan fingerprint density at radius 1 is 1.03 bits per heavy atom. The van der Waals surface area contributed by atoms with Gasteiger partial charge in [-0.05, 0) is 36.0 Å². The van der Waals surface area contributed by atoms with Gasteiger partial charge in [0.1, 0.15) is 6.61 Å². The third-order valence-corrected chi connectivity index (χ3v) is 6.39. The van der Waals surface area contributed by atoms with Crippen LogP contribution >= 0.6 is 0 Å². The third kappa shape index (κ3) is 3.36. The first kappa shape index (κ1) is 18.9. The van der Waals surface area contributed by atoms with Crippen molar-refractivity contribution in [3.63, 3.8) is 0 Å². The molecule has 2 aromatic carbocycles. The summed E-state index contributed by atoms with van der Waals surface area (Å²) in [6.07, 6.45) is 11.3. The number of aryl methyl sites for hydroxylation is 1. The molecule has 0 bridgehead atoms. The first-order valence-corrected chi connectivity index (χ1v) is 11.1. The highest BCUT2D eigenvalue weighted by Crippen LogP contribution is 2.37. The van der Waals surface area contributed by atoms with Gasteiger partial charge >= 0.3 is 0 Å². The van der Waals surface area contributed by atoms with Crippen molar-refractivity contribution in [1.82, 2.24) is 19.5 Å². The lowest BCUT2D eigenvalue weighted by Crippen LogP contribution is -2.17. The second kappa shape index (κ2) is 8.00. The summed E-state index contributed by atoms with van der Waals surface area (Å²) in [6.45, 7) is 0.496. The van der Waals surface area contributed by atoms with Gasteiger partial charge in [0.15, 0.2) is 0 Å². The molecule has 32 heavy (non-hydrogen) atoms. The van der Waals surface area contributed by atoms with E-state index in [0.717, 1.165) is 40.6 Å². The average molecular weight is 421 g/mol. The number of rotatable bonds is 5. The summed E-state index contributed by atoms with van der Waals surface area (Å²) in [5, 5.41) is 1.09. The summed E-state index contributed by atoms with van der Waals surface area (Å²) in [4.78, 5) is 12.4. The van der Waals surface area contributed by atoms with Crippen molar-refractivity contribution in [2.45, 2.75) is 31.9 Å². The van der Waals surface area contributed by atoms with Crippen molar-refractivity contribution in [1.29, 1.82) is 0 Å². The van der Waals surface area contributed by atoms with Crippen molar-refractivity contribution in [3.8, 4) is 17.1 Å². The SMILES string of the molecule is c1ccc(COc2cc3c(-c4cncn4C4CCCc5ccccc54)c[nH]c3cn2)cc1. The first-order chi connectivity index (χ1) is 15.9. The Morgan fingerprint density at radius 2 is 1.91 bits per heavy atom. The number of imidazole rings is 1. The zero-order chi connectivity index (χ0) is 21.3. The molecule has 1 atom stereocenters. The maximum atomic E-state index is 5.99. The minimum absolute atomic E-state index is 0.304. The number of hydrogen-bond donors (Lipinski definition) is 1. The summed E-state index contributed by atoms with van der Waals surface area (Å²) in [7, 11) is 0. The van der Waals surface area contributed by atoms with E-state index >= 15 is 0 Å². The predicted molar refractivity (Wildman–Crippen MR) is 126 cm³/mol. The Kier molecular flexibility index (Phi) is 4.72. The van der Waals surface area contributed by atoms with Gasteiger partial charge in [0.25, 0.3) is 0 Å². The number of aromatic nitrogens is 4. The van der Waals surface area contributed by atoms with Gasteiger partial charge in [-0.15, -0.1) is 0 Å². The highest BCUT2D eigenvalue weighted by molar-refractivity contribution is 5.94. The largest absolute Gasteiger partial charge is 0.473 e. The zero-order valence-electron chi connectivity index (χ0n) is 17.7. The molecule has 1 N–H and O–H groups in total. The van der Waals surface area contributed by atoms with E-state index in [9.17, 15) is 0 Å². The molecule has 0 saturated heterocycles. The van der Waals surface area contributed by atoms with Crippen LogP contribution in [-0.4, -0.2) is 19.5 Å². The van der Waals surface area contributed by atoms with E-state index < -0.39 is 0 Å². The van der Waals surface area contributed by atoms with E-state index in [4.69, 9.17) is 4.74 Å². The monoisotopic (exact) mass is 420 g/mol. The molecular formula is C27H24N4O. The molecule has 3 aromatic heterocycles. The second-order valence-electron chi connectivity index (χ2n) is 8.34. The van der Waals surface area contributed by atoms with Crippen molar-refractivity contribution in [3.05, 3.63) is 102 Å². The van der Waals surface area contributed by atoms with E-state index in [1.54, 1.807) is 0 Å². The van der Waals surface area contributed by atoms with Gasteiger partial charge in [-0.3, -0.25) is 0 Å². The first-order valence-electron chi connectivity index (χ1n) is 11.1. The summed E-state index contributed by atoms with van der Waals surface area (Å²) in [5.41, 5.74) is 7.20. The lowest BCUT2D eigenvalue weighted by molar-refractivity contribution is 0.294. The molecule has 0 saturated carbocycles. The summed E-state index contributed by atoms with van der Waals surface area (Å²) >= 11 is 0. The van der Waals surface area contributed by atoms with Crippen LogP contribution < -0.4 is 4.74 Å². The number of fused-ring (bicyclic) bond motifs is 2. The van der Waals surface area contributed by atoms with E-state index in [0.29, 0.717) is 18.5 Å². The van der Waals surface area contributed by atoms with Crippen LogP contribution in [-0.2, 0) is 13.0 Å². The smallest absolute Gasteiger partial charge is 0.214 e. The van der Waals surface area contributed by atoms with Crippen LogP contribution in [0.4, 0.5) is 0 Å². The molecule has 0 amide bonds. The number of H-pyrrole nitrogens is 1. The lowest BCUT2D eigenvalue weighted by atomic mass is 9.87. The number of aromatic amines is 1. The van der Waals surface area contributed by atoms with E-state index in [1.165, 1.54) is 17.5 Å². The van der Waals surface area contributed by atoms with Gasteiger partial charge < -0.3 is 14.3 Å². The Balaban J connectivity index is 1.36. The molecule has 1 unspecified atom stereocenters. The summed E-state index contributed by atoms with van der Waals surface area (Å²) < 4.78 is 8.31. The molecule has 0 spiro atoms. The fourth-order valence-electron chi connectivity index (χ4n) is 4.80. The molecule has 5 nitrogen and oxygen atoms in total. The lowest BCUT2D eigenvalue weighted by Gasteiger charge is -2.28. The number of benzene rings is 2. The van der Waals surface area contributed by atoms with Gasteiger partial charge in [-0.2, -0.15) is 0 Å². The van der Waals surface area contributed by atoms with Crippen LogP contribution in [0.15, 0.2) is 85.6 Å². The van der Waals surface area contributed by atoms with Crippen molar-refractivity contribution in [2.75, 3.05) is 0 Å². The zero-order valence-corrected chi connectivity index (χ0v) is 17.7. The molecule has 0 fully saturated rings. The van der Waals surface area contributed by atoms with Crippen molar-refractivity contribution >= 4 is 10.9 Å².